The number of rotatable bonds is 10. The first-order chi connectivity index (χ1) is 16.0. The fourth-order valence-corrected chi connectivity index (χ4v) is 4.54. The third-order valence-electron chi connectivity index (χ3n) is 6.77. The van der Waals surface area contributed by atoms with E-state index in [-0.39, 0.29) is 17.9 Å². The van der Waals surface area contributed by atoms with Crippen LogP contribution in [0, 0.1) is 5.92 Å². The molecule has 1 aromatic carbocycles. The highest BCUT2D eigenvalue weighted by Gasteiger charge is 2.30. The molecule has 2 aliphatic rings. The number of hydrogen-bond acceptors (Lipinski definition) is 5. The molecule has 0 aromatic heterocycles. The van der Waals surface area contributed by atoms with Gasteiger partial charge < -0.3 is 29.5 Å². The van der Waals surface area contributed by atoms with E-state index in [9.17, 15) is 9.59 Å². The number of nitrogens with one attached hydrogen (secondary N) is 1. The highest BCUT2D eigenvalue weighted by Crippen LogP contribution is 2.28. The van der Waals surface area contributed by atoms with Gasteiger partial charge in [-0.05, 0) is 56.5 Å². The number of piperidine rings is 1. The van der Waals surface area contributed by atoms with Crippen LogP contribution in [0.3, 0.4) is 0 Å². The Morgan fingerprint density at radius 1 is 1.03 bits per heavy atom. The van der Waals surface area contributed by atoms with E-state index in [1.54, 1.807) is 7.11 Å². The van der Waals surface area contributed by atoms with Gasteiger partial charge in [-0.15, -0.1) is 0 Å². The molecular weight excluding hydrogens is 420 g/mol. The summed E-state index contributed by atoms with van der Waals surface area (Å²) in [4.78, 5) is 31.4. The molecule has 0 atom stereocenters. The van der Waals surface area contributed by atoms with Crippen LogP contribution in [0.2, 0.25) is 0 Å². The number of carbonyl (C=O) groups excluding carboxylic acids is 2. The topological polar surface area (TPSA) is 74.4 Å². The van der Waals surface area contributed by atoms with Crippen molar-refractivity contribution < 1.29 is 19.1 Å². The van der Waals surface area contributed by atoms with E-state index in [1.165, 1.54) is 0 Å². The number of likely N-dealkylation sites (tertiary alicyclic amines) is 2. The predicted molar refractivity (Wildman–Crippen MR) is 129 cm³/mol. The maximum Gasteiger partial charge on any atom is 0.319 e. The molecule has 2 fully saturated rings. The summed E-state index contributed by atoms with van der Waals surface area (Å²) in [6, 6.07) is 5.93. The van der Waals surface area contributed by atoms with E-state index in [1.807, 2.05) is 28.0 Å². The number of ether oxygens (including phenoxy) is 2. The molecule has 0 aliphatic carbocycles. The lowest BCUT2D eigenvalue weighted by molar-refractivity contribution is -0.126. The average Bonchev–Trinajstić information content (AvgIpc) is 3.40. The Hall–Kier alpha value is -2.48. The molecule has 33 heavy (non-hydrogen) atoms. The second-order valence-electron chi connectivity index (χ2n) is 8.82. The van der Waals surface area contributed by atoms with E-state index >= 15 is 0 Å². The van der Waals surface area contributed by atoms with Gasteiger partial charge in [0.1, 0.15) is 6.61 Å². The number of amides is 3. The molecule has 0 spiro atoms. The normalized spacial score (nSPS) is 16.8. The van der Waals surface area contributed by atoms with Crippen molar-refractivity contribution in [1.29, 1.82) is 0 Å². The van der Waals surface area contributed by atoms with Crippen molar-refractivity contribution in [1.82, 2.24) is 20.0 Å². The standard InChI is InChI=1S/C25H40N4O4/c1-4-27(5-2)16-17-33-22-9-8-20(18-23(22)32-3)19-26-24(30)21-10-14-29(15-11-21)25(31)28-12-6-7-13-28/h8-9,18,21H,4-7,10-17,19H2,1-3H3,(H,26,30). The minimum atomic E-state index is -0.0443. The fraction of sp³-hybridized carbons (Fsp3) is 0.680. The molecule has 3 amide bonds. The lowest BCUT2D eigenvalue weighted by atomic mass is 9.96. The molecule has 1 aromatic rings. The Morgan fingerprint density at radius 2 is 1.70 bits per heavy atom. The molecule has 0 radical (unpaired) electrons. The van der Waals surface area contributed by atoms with Crippen LogP contribution in [0.15, 0.2) is 18.2 Å². The van der Waals surface area contributed by atoms with Gasteiger partial charge in [0, 0.05) is 45.2 Å². The van der Waals surface area contributed by atoms with Crippen molar-refractivity contribution in [2.24, 2.45) is 5.92 Å². The molecule has 1 N–H and O–H groups in total. The number of carbonyl (C=O) groups is 2. The molecule has 8 heteroatoms. The highest BCUT2D eigenvalue weighted by molar-refractivity contribution is 5.79. The Labute approximate surface area is 198 Å². The first-order valence-electron chi connectivity index (χ1n) is 12.4. The van der Waals surface area contributed by atoms with Crippen LogP contribution in [-0.2, 0) is 11.3 Å². The zero-order valence-electron chi connectivity index (χ0n) is 20.5. The average molecular weight is 461 g/mol. The molecule has 8 nitrogen and oxygen atoms in total. The summed E-state index contributed by atoms with van der Waals surface area (Å²) in [6.07, 6.45) is 3.62. The maximum absolute atomic E-state index is 12.7. The summed E-state index contributed by atoms with van der Waals surface area (Å²) >= 11 is 0. The second kappa shape index (κ2) is 12.7. The van der Waals surface area contributed by atoms with Crippen molar-refractivity contribution in [3.8, 4) is 11.5 Å². The third-order valence-corrected chi connectivity index (χ3v) is 6.77. The Bertz CT molecular complexity index is 770. The third kappa shape index (κ3) is 7.00. The van der Waals surface area contributed by atoms with E-state index in [2.05, 4.69) is 24.1 Å². The van der Waals surface area contributed by atoms with Gasteiger partial charge in [-0.3, -0.25) is 4.79 Å². The molecular formula is C25H40N4O4. The molecule has 2 heterocycles. The van der Waals surface area contributed by atoms with Crippen molar-refractivity contribution in [3.05, 3.63) is 23.8 Å². The first kappa shape index (κ1) is 25.1. The van der Waals surface area contributed by atoms with Gasteiger partial charge in [0.2, 0.25) is 5.91 Å². The number of urea groups is 1. The van der Waals surface area contributed by atoms with Gasteiger partial charge in [-0.2, -0.15) is 0 Å². The van der Waals surface area contributed by atoms with Crippen LogP contribution >= 0.6 is 0 Å². The molecule has 2 aliphatic heterocycles. The van der Waals surface area contributed by atoms with Gasteiger partial charge in [-0.1, -0.05) is 19.9 Å². The highest BCUT2D eigenvalue weighted by atomic mass is 16.5. The van der Waals surface area contributed by atoms with Crippen LogP contribution in [0.1, 0.15) is 45.1 Å². The molecule has 0 unspecified atom stereocenters. The number of nitrogens with zero attached hydrogens (tertiary/aromatic N) is 3. The monoisotopic (exact) mass is 460 g/mol. The lowest BCUT2D eigenvalue weighted by Gasteiger charge is -2.34. The Balaban J connectivity index is 1.43. The largest absolute Gasteiger partial charge is 0.493 e. The molecule has 0 bridgehead atoms. The second-order valence-corrected chi connectivity index (χ2v) is 8.82. The predicted octanol–water partition coefficient (Wildman–Crippen LogP) is 2.96. The minimum absolute atomic E-state index is 0.0443. The molecule has 3 rings (SSSR count). The van der Waals surface area contributed by atoms with Crippen molar-refractivity contribution >= 4 is 11.9 Å². The van der Waals surface area contributed by atoms with E-state index in [0.717, 1.165) is 56.9 Å². The fourth-order valence-electron chi connectivity index (χ4n) is 4.54. The number of methoxy groups -OCH3 is 1. The van der Waals surface area contributed by atoms with Crippen LogP contribution < -0.4 is 14.8 Å². The van der Waals surface area contributed by atoms with Crippen molar-refractivity contribution in [3.63, 3.8) is 0 Å². The zero-order valence-corrected chi connectivity index (χ0v) is 20.5. The SMILES string of the molecule is CCN(CC)CCOc1ccc(CNC(=O)C2CCN(C(=O)N3CCCC3)CC2)cc1OC. The zero-order chi connectivity index (χ0) is 23.6. The lowest BCUT2D eigenvalue weighted by Crippen LogP contribution is -2.47. The molecule has 0 saturated carbocycles. The van der Waals surface area contributed by atoms with Crippen LogP contribution in [0.4, 0.5) is 4.79 Å². The van der Waals surface area contributed by atoms with E-state index in [0.29, 0.717) is 44.8 Å². The van der Waals surface area contributed by atoms with E-state index < -0.39 is 0 Å². The van der Waals surface area contributed by atoms with Crippen LogP contribution in [0.5, 0.6) is 11.5 Å². The van der Waals surface area contributed by atoms with Gasteiger partial charge in [0.25, 0.3) is 0 Å². The first-order valence-corrected chi connectivity index (χ1v) is 12.4. The summed E-state index contributed by atoms with van der Waals surface area (Å²) < 4.78 is 11.4. The Morgan fingerprint density at radius 3 is 2.33 bits per heavy atom. The number of likely N-dealkylation sites (N-methyl/N-ethyl adjacent to an activating group) is 1. The Kier molecular flexibility index (Phi) is 9.66. The summed E-state index contributed by atoms with van der Waals surface area (Å²) in [5.74, 6) is 1.41. The number of hydrogen-bond donors (Lipinski definition) is 1. The number of benzene rings is 1. The van der Waals surface area contributed by atoms with Crippen molar-refractivity contribution in [2.45, 2.75) is 46.1 Å². The summed E-state index contributed by atoms with van der Waals surface area (Å²) in [5, 5.41) is 3.06. The molecule has 184 valence electrons. The molecule has 2 saturated heterocycles. The maximum atomic E-state index is 12.7. The summed E-state index contributed by atoms with van der Waals surface area (Å²) in [5.41, 5.74) is 0.970. The van der Waals surface area contributed by atoms with Gasteiger partial charge in [-0.25, -0.2) is 4.79 Å². The van der Waals surface area contributed by atoms with Crippen LogP contribution in [-0.4, -0.2) is 86.2 Å². The summed E-state index contributed by atoms with van der Waals surface area (Å²) in [7, 11) is 1.63. The van der Waals surface area contributed by atoms with Crippen molar-refractivity contribution in [2.75, 3.05) is 59.5 Å². The van der Waals surface area contributed by atoms with E-state index in [4.69, 9.17) is 9.47 Å². The smallest absolute Gasteiger partial charge is 0.319 e. The van der Waals surface area contributed by atoms with Gasteiger partial charge in [0.15, 0.2) is 11.5 Å². The summed E-state index contributed by atoms with van der Waals surface area (Å²) in [6.45, 7) is 11.2. The minimum Gasteiger partial charge on any atom is -0.493 e. The van der Waals surface area contributed by atoms with Gasteiger partial charge in [0.05, 0.1) is 7.11 Å². The van der Waals surface area contributed by atoms with Crippen LogP contribution in [0.25, 0.3) is 0 Å². The van der Waals surface area contributed by atoms with Gasteiger partial charge >= 0.3 is 6.03 Å². The quantitative estimate of drug-likeness (QED) is 0.581.